The van der Waals surface area contributed by atoms with Gasteiger partial charge in [-0.15, -0.1) is 0 Å². The highest BCUT2D eigenvalue weighted by Crippen LogP contribution is 2.42. The normalized spacial score (nSPS) is 19.1. The van der Waals surface area contributed by atoms with Crippen LogP contribution in [-0.2, 0) is 4.74 Å². The molecule has 0 aromatic heterocycles. The fourth-order valence-corrected chi connectivity index (χ4v) is 3.05. The molecule has 0 atom stereocenters. The second kappa shape index (κ2) is 8.10. The molecule has 0 aliphatic heterocycles. The quantitative estimate of drug-likeness (QED) is 0.623. The fourth-order valence-electron chi connectivity index (χ4n) is 3.05. The summed E-state index contributed by atoms with van der Waals surface area (Å²) in [7, 11) is 1.77. The summed E-state index contributed by atoms with van der Waals surface area (Å²) in [5, 5.41) is 3.58. The Morgan fingerprint density at radius 2 is 1.94 bits per heavy atom. The first-order valence-corrected chi connectivity index (χ1v) is 7.38. The minimum Gasteiger partial charge on any atom is -0.383 e. The van der Waals surface area contributed by atoms with E-state index in [-0.39, 0.29) is 0 Å². The second-order valence-electron chi connectivity index (χ2n) is 6.16. The van der Waals surface area contributed by atoms with Gasteiger partial charge in [0.1, 0.15) is 0 Å². The maximum atomic E-state index is 5.09. The Labute approximate surface area is 108 Å². The summed E-state index contributed by atoms with van der Waals surface area (Å²) in [6.07, 6.45) is 9.96. The van der Waals surface area contributed by atoms with E-state index in [9.17, 15) is 0 Å². The zero-order valence-electron chi connectivity index (χ0n) is 12.1. The molecule has 0 spiro atoms. The standard InChI is InChI=1S/C15H31NO/c1-14(2)7-6-10-15(8-4-5-9-15)13-16-11-12-17-3/h14,16H,4-13H2,1-3H3. The minimum atomic E-state index is 0.614. The van der Waals surface area contributed by atoms with Gasteiger partial charge in [-0.2, -0.15) is 0 Å². The number of nitrogens with one attached hydrogen (secondary N) is 1. The number of rotatable bonds is 9. The molecule has 1 fully saturated rings. The summed E-state index contributed by atoms with van der Waals surface area (Å²) in [6.45, 7) is 7.70. The average Bonchev–Trinajstić information content (AvgIpc) is 2.73. The third-order valence-corrected chi connectivity index (χ3v) is 4.14. The van der Waals surface area contributed by atoms with E-state index in [2.05, 4.69) is 19.2 Å². The van der Waals surface area contributed by atoms with Gasteiger partial charge in [0.05, 0.1) is 6.61 Å². The zero-order chi connectivity index (χ0) is 12.6. The van der Waals surface area contributed by atoms with Crippen molar-refractivity contribution in [3.05, 3.63) is 0 Å². The van der Waals surface area contributed by atoms with Crippen molar-refractivity contribution in [1.82, 2.24) is 5.32 Å². The van der Waals surface area contributed by atoms with Crippen molar-refractivity contribution in [3.63, 3.8) is 0 Å². The lowest BCUT2D eigenvalue weighted by Gasteiger charge is -2.30. The molecule has 0 radical (unpaired) electrons. The van der Waals surface area contributed by atoms with Crippen LogP contribution in [0.25, 0.3) is 0 Å². The monoisotopic (exact) mass is 241 g/mol. The molecule has 0 bridgehead atoms. The molecular weight excluding hydrogens is 210 g/mol. The van der Waals surface area contributed by atoms with Gasteiger partial charge in [0.15, 0.2) is 0 Å². The molecule has 0 saturated heterocycles. The topological polar surface area (TPSA) is 21.3 Å². The first-order valence-electron chi connectivity index (χ1n) is 7.38. The van der Waals surface area contributed by atoms with Crippen LogP contribution in [0.15, 0.2) is 0 Å². The van der Waals surface area contributed by atoms with Crippen LogP contribution in [0, 0.1) is 11.3 Å². The van der Waals surface area contributed by atoms with E-state index in [1.165, 1.54) is 51.5 Å². The van der Waals surface area contributed by atoms with Crippen LogP contribution < -0.4 is 5.32 Å². The lowest BCUT2D eigenvalue weighted by Crippen LogP contribution is -2.34. The molecule has 1 aliphatic carbocycles. The first kappa shape index (κ1) is 15.0. The summed E-state index contributed by atoms with van der Waals surface area (Å²) in [5.41, 5.74) is 0.614. The van der Waals surface area contributed by atoms with Gasteiger partial charge in [-0.05, 0) is 30.6 Å². The van der Waals surface area contributed by atoms with E-state index in [0.29, 0.717) is 5.41 Å². The van der Waals surface area contributed by atoms with Gasteiger partial charge >= 0.3 is 0 Å². The van der Waals surface area contributed by atoms with Crippen molar-refractivity contribution in [2.45, 2.75) is 58.8 Å². The van der Waals surface area contributed by atoms with Crippen LogP contribution in [0.1, 0.15) is 58.8 Å². The van der Waals surface area contributed by atoms with Gasteiger partial charge in [-0.3, -0.25) is 0 Å². The molecule has 0 unspecified atom stereocenters. The van der Waals surface area contributed by atoms with E-state index in [0.717, 1.165) is 19.1 Å². The molecule has 1 N–H and O–H groups in total. The molecule has 2 heteroatoms. The van der Waals surface area contributed by atoms with E-state index >= 15 is 0 Å². The SMILES string of the molecule is COCCNCC1(CCCC(C)C)CCCC1. The number of hydrogen-bond donors (Lipinski definition) is 1. The highest BCUT2D eigenvalue weighted by molar-refractivity contribution is 4.86. The van der Waals surface area contributed by atoms with E-state index in [1.54, 1.807) is 7.11 Å². The molecule has 0 aromatic carbocycles. The molecule has 102 valence electrons. The summed E-state index contributed by atoms with van der Waals surface area (Å²) < 4.78 is 5.09. The van der Waals surface area contributed by atoms with Crippen molar-refractivity contribution in [2.75, 3.05) is 26.8 Å². The molecule has 1 saturated carbocycles. The van der Waals surface area contributed by atoms with E-state index < -0.39 is 0 Å². The molecule has 0 aromatic rings. The van der Waals surface area contributed by atoms with Crippen molar-refractivity contribution < 1.29 is 4.74 Å². The van der Waals surface area contributed by atoms with Gasteiger partial charge in [-0.1, -0.05) is 39.5 Å². The Kier molecular flexibility index (Phi) is 7.14. The first-order chi connectivity index (χ1) is 8.18. The Morgan fingerprint density at radius 3 is 2.53 bits per heavy atom. The van der Waals surface area contributed by atoms with Crippen LogP contribution in [-0.4, -0.2) is 26.8 Å². The van der Waals surface area contributed by atoms with Crippen molar-refractivity contribution in [1.29, 1.82) is 0 Å². The summed E-state index contributed by atoms with van der Waals surface area (Å²) in [5.74, 6) is 0.856. The summed E-state index contributed by atoms with van der Waals surface area (Å²) in [4.78, 5) is 0. The lowest BCUT2D eigenvalue weighted by molar-refractivity contribution is 0.185. The van der Waals surface area contributed by atoms with Crippen LogP contribution >= 0.6 is 0 Å². The molecule has 1 aliphatic rings. The number of ether oxygens (including phenoxy) is 1. The highest BCUT2D eigenvalue weighted by Gasteiger charge is 2.32. The van der Waals surface area contributed by atoms with Gasteiger partial charge < -0.3 is 10.1 Å². The second-order valence-corrected chi connectivity index (χ2v) is 6.16. The third-order valence-electron chi connectivity index (χ3n) is 4.14. The van der Waals surface area contributed by atoms with Gasteiger partial charge in [0, 0.05) is 20.2 Å². The van der Waals surface area contributed by atoms with Crippen molar-refractivity contribution in [2.24, 2.45) is 11.3 Å². The Morgan fingerprint density at radius 1 is 1.24 bits per heavy atom. The molecular formula is C15H31NO. The maximum absolute atomic E-state index is 5.09. The molecule has 17 heavy (non-hydrogen) atoms. The predicted molar refractivity (Wildman–Crippen MR) is 74.3 cm³/mol. The molecule has 0 amide bonds. The maximum Gasteiger partial charge on any atom is 0.0587 e. The molecule has 2 nitrogen and oxygen atoms in total. The third kappa shape index (κ3) is 5.87. The van der Waals surface area contributed by atoms with Crippen LogP contribution in [0.2, 0.25) is 0 Å². The minimum absolute atomic E-state index is 0.614. The van der Waals surface area contributed by atoms with E-state index in [1.807, 2.05) is 0 Å². The molecule has 1 rings (SSSR count). The smallest absolute Gasteiger partial charge is 0.0587 e. The van der Waals surface area contributed by atoms with Gasteiger partial charge in [-0.25, -0.2) is 0 Å². The Bertz CT molecular complexity index is 185. The average molecular weight is 241 g/mol. The summed E-state index contributed by atoms with van der Waals surface area (Å²) in [6, 6.07) is 0. The Hall–Kier alpha value is -0.0800. The van der Waals surface area contributed by atoms with E-state index in [4.69, 9.17) is 4.74 Å². The predicted octanol–water partition coefficient (Wildman–Crippen LogP) is 3.61. The Balaban J connectivity index is 2.24. The fraction of sp³-hybridized carbons (Fsp3) is 1.00. The van der Waals surface area contributed by atoms with Gasteiger partial charge in [0.25, 0.3) is 0 Å². The zero-order valence-corrected chi connectivity index (χ0v) is 12.1. The van der Waals surface area contributed by atoms with Gasteiger partial charge in [0.2, 0.25) is 0 Å². The highest BCUT2D eigenvalue weighted by atomic mass is 16.5. The lowest BCUT2D eigenvalue weighted by atomic mass is 9.80. The van der Waals surface area contributed by atoms with Crippen molar-refractivity contribution >= 4 is 0 Å². The van der Waals surface area contributed by atoms with Crippen LogP contribution in [0.5, 0.6) is 0 Å². The van der Waals surface area contributed by atoms with Crippen molar-refractivity contribution in [3.8, 4) is 0 Å². The molecule has 0 heterocycles. The summed E-state index contributed by atoms with van der Waals surface area (Å²) >= 11 is 0. The van der Waals surface area contributed by atoms with Crippen LogP contribution in [0.4, 0.5) is 0 Å². The number of hydrogen-bond acceptors (Lipinski definition) is 2. The van der Waals surface area contributed by atoms with Crippen LogP contribution in [0.3, 0.4) is 0 Å². The number of methoxy groups -OCH3 is 1. The largest absolute Gasteiger partial charge is 0.383 e.